The number of hydrogen-bond acceptors (Lipinski definition) is 5. The van der Waals surface area contributed by atoms with Gasteiger partial charge in [0.05, 0.1) is 6.10 Å². The number of carbonyl (C=O) groups is 1. The maximum Gasteiger partial charge on any atom is 0.273 e. The van der Waals surface area contributed by atoms with Crippen LogP contribution >= 0.6 is 11.3 Å². The molecule has 1 amide bonds. The summed E-state index contributed by atoms with van der Waals surface area (Å²) in [7, 11) is -2.54. The van der Waals surface area contributed by atoms with Gasteiger partial charge in [-0.05, 0) is 21.8 Å². The number of likely N-dealkylation sites (tertiary alicyclic amines) is 1. The maximum atomic E-state index is 12.5. The van der Waals surface area contributed by atoms with Gasteiger partial charge in [-0.3, -0.25) is 4.79 Å². The van der Waals surface area contributed by atoms with Crippen molar-refractivity contribution in [1.29, 1.82) is 0 Å². The second-order valence-electron chi connectivity index (χ2n) is 9.97. The Labute approximate surface area is 201 Å². The van der Waals surface area contributed by atoms with E-state index in [0.29, 0.717) is 5.69 Å². The molecule has 2 aliphatic heterocycles. The van der Waals surface area contributed by atoms with Crippen LogP contribution in [0.15, 0.2) is 66.0 Å². The monoisotopic (exact) mass is 477 g/mol. The van der Waals surface area contributed by atoms with Gasteiger partial charge in [0, 0.05) is 31.6 Å². The zero-order valence-electron chi connectivity index (χ0n) is 19.5. The highest BCUT2D eigenvalue weighted by molar-refractivity contribution is 7.14. The van der Waals surface area contributed by atoms with Crippen LogP contribution in [-0.2, 0) is 4.43 Å². The van der Waals surface area contributed by atoms with Gasteiger partial charge in [-0.1, -0.05) is 81.4 Å². The van der Waals surface area contributed by atoms with Crippen LogP contribution in [0, 0.1) is 0 Å². The first-order chi connectivity index (χ1) is 15.9. The van der Waals surface area contributed by atoms with E-state index in [4.69, 9.17) is 4.43 Å². The largest absolute Gasteiger partial charge is 0.401 e. The van der Waals surface area contributed by atoms with E-state index in [1.807, 2.05) is 10.3 Å². The molecule has 1 aromatic heterocycles. The van der Waals surface area contributed by atoms with Gasteiger partial charge in [0.15, 0.2) is 5.13 Å². The Morgan fingerprint density at radius 2 is 1.58 bits per heavy atom. The molecule has 0 radical (unpaired) electrons. The van der Waals surface area contributed by atoms with E-state index < -0.39 is 8.32 Å². The van der Waals surface area contributed by atoms with E-state index >= 15 is 0 Å². The van der Waals surface area contributed by atoms with Gasteiger partial charge in [-0.2, -0.15) is 0 Å². The molecule has 0 aliphatic carbocycles. The van der Waals surface area contributed by atoms with Gasteiger partial charge in [0.2, 0.25) is 0 Å². The van der Waals surface area contributed by atoms with Gasteiger partial charge in [-0.25, -0.2) is 4.98 Å². The third-order valence-corrected chi connectivity index (χ3v) is 12.7. The third-order valence-electron chi connectivity index (χ3n) is 6.73. The average Bonchev–Trinajstić information content (AvgIpc) is 3.22. The molecule has 5 nitrogen and oxygen atoms in total. The van der Waals surface area contributed by atoms with Crippen LogP contribution in [0.1, 0.15) is 37.7 Å². The topological polar surface area (TPSA) is 45.7 Å². The summed E-state index contributed by atoms with van der Waals surface area (Å²) in [6, 6.07) is 21.5. The van der Waals surface area contributed by atoms with Crippen molar-refractivity contribution in [1.82, 2.24) is 9.88 Å². The Kier molecular flexibility index (Phi) is 5.89. The van der Waals surface area contributed by atoms with Crippen molar-refractivity contribution in [2.24, 2.45) is 0 Å². The molecule has 2 saturated heterocycles. The Balaban J connectivity index is 1.37. The summed E-state index contributed by atoms with van der Waals surface area (Å²) in [5.74, 6) is 0.0596. The Morgan fingerprint density at radius 1 is 1.00 bits per heavy atom. The molecule has 5 rings (SSSR count). The molecule has 7 heteroatoms. The van der Waals surface area contributed by atoms with Crippen LogP contribution in [0.2, 0.25) is 5.04 Å². The summed E-state index contributed by atoms with van der Waals surface area (Å²) in [5, 5.41) is 5.39. The highest BCUT2D eigenvalue weighted by atomic mass is 32.1. The number of hydrogen-bond donors (Lipinski definition) is 0. The van der Waals surface area contributed by atoms with Crippen molar-refractivity contribution in [3.05, 3.63) is 71.7 Å². The summed E-state index contributed by atoms with van der Waals surface area (Å²) in [5.41, 5.74) is 0.575. The minimum absolute atomic E-state index is 0.0336. The summed E-state index contributed by atoms with van der Waals surface area (Å²) in [6.45, 7) is 10.2. The van der Waals surface area contributed by atoms with Crippen molar-refractivity contribution < 1.29 is 9.22 Å². The lowest BCUT2D eigenvalue weighted by molar-refractivity contribution is 0.0646. The minimum Gasteiger partial charge on any atom is -0.401 e. The van der Waals surface area contributed by atoms with Crippen molar-refractivity contribution >= 4 is 41.1 Å². The number of thiazole rings is 1. The molecule has 3 heterocycles. The Hall–Kier alpha value is -2.48. The van der Waals surface area contributed by atoms with Crippen LogP contribution < -0.4 is 15.3 Å². The standard InChI is InChI=1S/C26H31N3O2SSi/c1-26(2,3)33(21-11-6-4-7-12-21,22-13-8-5-9-14-22)31-20-17-29(18-20)25-27-23(19-32-25)24(30)28-15-10-16-28/h4-9,11-14,19-20H,10,15-18H2,1-3H3. The van der Waals surface area contributed by atoms with Crippen LogP contribution in [0.25, 0.3) is 0 Å². The first kappa shape index (κ1) is 22.3. The van der Waals surface area contributed by atoms with Crippen molar-refractivity contribution in [3.8, 4) is 0 Å². The van der Waals surface area contributed by atoms with Crippen molar-refractivity contribution in [2.45, 2.75) is 38.3 Å². The number of nitrogens with zero attached hydrogens (tertiary/aromatic N) is 3. The van der Waals surface area contributed by atoms with E-state index in [1.54, 1.807) is 11.3 Å². The smallest absolute Gasteiger partial charge is 0.273 e. The fraction of sp³-hybridized carbons (Fsp3) is 0.385. The fourth-order valence-corrected chi connectivity index (χ4v) is 10.3. The number of aromatic nitrogens is 1. The Bertz CT molecular complexity index is 1060. The molecule has 172 valence electrons. The second-order valence-corrected chi connectivity index (χ2v) is 15.1. The van der Waals surface area contributed by atoms with Crippen molar-refractivity contribution in [3.63, 3.8) is 0 Å². The highest BCUT2D eigenvalue weighted by Crippen LogP contribution is 2.39. The number of carbonyl (C=O) groups excluding carboxylic acids is 1. The summed E-state index contributed by atoms with van der Waals surface area (Å²) in [4.78, 5) is 21.2. The lowest BCUT2D eigenvalue weighted by Gasteiger charge is -2.49. The number of rotatable bonds is 6. The molecule has 2 aliphatic rings. The molecule has 0 unspecified atom stereocenters. The molecule has 2 aromatic carbocycles. The minimum atomic E-state index is -2.54. The normalized spacial score (nSPS) is 16.9. The lowest BCUT2D eigenvalue weighted by atomic mass is 10.2. The maximum absolute atomic E-state index is 12.5. The molecular weight excluding hydrogens is 446 g/mol. The quantitative estimate of drug-likeness (QED) is 0.507. The van der Waals surface area contributed by atoms with Gasteiger partial charge >= 0.3 is 0 Å². The Morgan fingerprint density at radius 3 is 2.06 bits per heavy atom. The SMILES string of the molecule is CC(C)(C)[Si](OC1CN(c2nc(C(=O)N3CCC3)cs2)C1)(c1ccccc1)c1ccccc1. The molecule has 0 saturated carbocycles. The van der Waals surface area contributed by atoms with Gasteiger partial charge in [0.1, 0.15) is 5.69 Å². The zero-order chi connectivity index (χ0) is 23.1. The molecule has 0 bridgehead atoms. The van der Waals surface area contributed by atoms with Crippen LogP contribution in [-0.4, -0.2) is 56.4 Å². The molecule has 33 heavy (non-hydrogen) atoms. The predicted molar refractivity (Wildman–Crippen MR) is 137 cm³/mol. The molecule has 0 N–H and O–H groups in total. The number of anilines is 1. The van der Waals surface area contributed by atoms with Crippen molar-refractivity contribution in [2.75, 3.05) is 31.1 Å². The first-order valence-electron chi connectivity index (χ1n) is 11.7. The van der Waals surface area contributed by atoms with Crippen LogP contribution in [0.3, 0.4) is 0 Å². The lowest BCUT2D eigenvalue weighted by Crippen LogP contribution is -2.70. The first-order valence-corrected chi connectivity index (χ1v) is 14.5. The molecule has 3 aromatic rings. The second kappa shape index (κ2) is 8.70. The third kappa shape index (κ3) is 4.02. The predicted octanol–water partition coefficient (Wildman–Crippen LogP) is 3.75. The zero-order valence-corrected chi connectivity index (χ0v) is 21.3. The number of benzene rings is 2. The van der Waals surface area contributed by atoms with Crippen LogP contribution in [0.4, 0.5) is 5.13 Å². The molecule has 0 atom stereocenters. The van der Waals surface area contributed by atoms with E-state index in [-0.39, 0.29) is 17.0 Å². The van der Waals surface area contributed by atoms with Gasteiger partial charge in [-0.15, -0.1) is 11.3 Å². The summed E-state index contributed by atoms with van der Waals surface area (Å²) in [6.07, 6.45) is 1.23. The average molecular weight is 478 g/mol. The van der Waals surface area contributed by atoms with Gasteiger partial charge < -0.3 is 14.2 Å². The van der Waals surface area contributed by atoms with E-state index in [9.17, 15) is 4.79 Å². The fourth-order valence-electron chi connectivity index (χ4n) is 4.80. The summed E-state index contributed by atoms with van der Waals surface area (Å²) >= 11 is 1.56. The van der Waals surface area contributed by atoms with Crippen LogP contribution in [0.5, 0.6) is 0 Å². The van der Waals surface area contributed by atoms with E-state index in [2.05, 4.69) is 91.3 Å². The molecular formula is C26H31N3O2SSi. The molecule has 2 fully saturated rings. The van der Waals surface area contributed by atoms with E-state index in [0.717, 1.165) is 37.7 Å². The number of amides is 1. The van der Waals surface area contributed by atoms with Gasteiger partial charge in [0.25, 0.3) is 14.2 Å². The molecule has 0 spiro atoms. The summed E-state index contributed by atoms with van der Waals surface area (Å²) < 4.78 is 7.18. The highest BCUT2D eigenvalue weighted by Gasteiger charge is 2.52. The van der Waals surface area contributed by atoms with E-state index in [1.165, 1.54) is 10.4 Å².